The quantitative estimate of drug-likeness (QED) is 0.279. The van der Waals surface area contributed by atoms with E-state index >= 15 is 0 Å². The van der Waals surface area contributed by atoms with Crippen LogP contribution < -0.4 is 17.2 Å². The molecule has 0 saturated heterocycles. The Bertz CT molecular complexity index is 750. The van der Waals surface area contributed by atoms with E-state index in [9.17, 15) is 25.1 Å². The Morgan fingerprint density at radius 1 is 1.64 bits per heavy atom. The molecule has 1 aromatic heterocycles. The van der Waals surface area contributed by atoms with Crippen molar-refractivity contribution in [2.24, 2.45) is 11.7 Å². The van der Waals surface area contributed by atoms with Crippen molar-refractivity contribution in [1.29, 1.82) is 5.26 Å². The van der Waals surface area contributed by atoms with E-state index in [0.717, 1.165) is 4.57 Å². The monoisotopic (exact) mass is 369 g/mol. The first-order valence-corrected chi connectivity index (χ1v) is 8.06. The summed E-state index contributed by atoms with van der Waals surface area (Å²) in [5.41, 5.74) is 8.33. The summed E-state index contributed by atoms with van der Waals surface area (Å²) in [6.45, 7) is -0.265. The molecule has 10 nitrogen and oxygen atoms in total. The minimum atomic E-state index is -1.75. The zero-order chi connectivity index (χ0) is 18.8. The van der Waals surface area contributed by atoms with Crippen LogP contribution in [0.25, 0.3) is 0 Å². The van der Waals surface area contributed by atoms with Crippen molar-refractivity contribution < 1.29 is 19.7 Å². The van der Waals surface area contributed by atoms with Gasteiger partial charge < -0.3 is 26.4 Å². The third-order valence-corrected chi connectivity index (χ3v) is 4.65. The Morgan fingerprint density at radius 3 is 2.88 bits per heavy atom. The highest BCUT2D eigenvalue weighted by Gasteiger charge is 2.55. The summed E-state index contributed by atoms with van der Waals surface area (Å²) in [5.74, 6) is -1.43. The van der Waals surface area contributed by atoms with Crippen LogP contribution in [0.15, 0.2) is 17.1 Å². The number of anilines is 1. The first kappa shape index (κ1) is 19.2. The first-order chi connectivity index (χ1) is 11.8. The molecular weight excluding hydrogens is 350 g/mol. The molecule has 2 unspecified atom stereocenters. The maximum absolute atomic E-state index is 12.1. The zero-order valence-electron chi connectivity index (χ0n) is 13.1. The van der Waals surface area contributed by atoms with Gasteiger partial charge in [0.2, 0.25) is 0 Å². The topological polar surface area (TPSA) is 177 Å². The molecule has 136 valence electrons. The van der Waals surface area contributed by atoms with Gasteiger partial charge in [-0.2, -0.15) is 22.9 Å². The number of hydrogen-bond donors (Lipinski definition) is 5. The molecule has 0 aromatic carbocycles. The number of thiol groups is 1. The smallest absolute Gasteiger partial charge is 0.350 e. The predicted octanol–water partition coefficient (Wildman–Crippen LogP) is -2.41. The fourth-order valence-corrected chi connectivity index (χ4v) is 2.99. The molecule has 25 heavy (non-hydrogen) atoms. The van der Waals surface area contributed by atoms with Crippen molar-refractivity contribution in [2.75, 3.05) is 18.1 Å². The highest BCUT2D eigenvalue weighted by molar-refractivity contribution is 7.80. The average molecular weight is 369 g/mol. The van der Waals surface area contributed by atoms with Crippen LogP contribution in [-0.2, 0) is 15.1 Å². The third kappa shape index (κ3) is 3.47. The van der Waals surface area contributed by atoms with Gasteiger partial charge in [-0.25, -0.2) is 4.79 Å². The summed E-state index contributed by atoms with van der Waals surface area (Å²) in [6.07, 6.45) is -1.86. The molecule has 1 aliphatic carbocycles. The molecule has 1 aromatic rings. The van der Waals surface area contributed by atoms with E-state index in [2.05, 4.69) is 17.6 Å². The van der Waals surface area contributed by atoms with Crippen molar-refractivity contribution in [3.8, 4) is 6.07 Å². The van der Waals surface area contributed by atoms with Crippen molar-refractivity contribution in [2.45, 2.75) is 30.2 Å². The van der Waals surface area contributed by atoms with Crippen molar-refractivity contribution in [3.05, 3.63) is 22.7 Å². The lowest BCUT2D eigenvalue weighted by Gasteiger charge is -2.27. The standard InChI is InChI=1S/C14H19N5O5S/c15-6-14(19-2-1-9(17)18-13(19)23)3-7(10(20)11(14)21)4-24-12(22)8(16)5-25/h1-2,7-8,10-11,20-21,25H,3-5,16H2,(H2,17,18,23)/t7-,8+,10?,11?,14+/m1/s1. The van der Waals surface area contributed by atoms with E-state index in [1.807, 2.05) is 6.07 Å². The summed E-state index contributed by atoms with van der Waals surface area (Å²) in [7, 11) is 0. The molecule has 11 heteroatoms. The summed E-state index contributed by atoms with van der Waals surface area (Å²) >= 11 is 3.89. The normalized spacial score (nSPS) is 29.8. The van der Waals surface area contributed by atoms with Gasteiger partial charge in [0.15, 0.2) is 5.54 Å². The van der Waals surface area contributed by atoms with Crippen LogP contribution in [0.3, 0.4) is 0 Å². The third-order valence-electron chi connectivity index (χ3n) is 4.26. The molecule has 1 fully saturated rings. The van der Waals surface area contributed by atoms with E-state index < -0.39 is 41.4 Å². The molecular formula is C14H19N5O5S. The average Bonchev–Trinajstić information content (AvgIpc) is 2.84. The maximum Gasteiger partial charge on any atom is 0.350 e. The molecule has 1 saturated carbocycles. The van der Waals surface area contributed by atoms with Crippen molar-refractivity contribution in [3.63, 3.8) is 0 Å². The molecule has 0 aliphatic heterocycles. The van der Waals surface area contributed by atoms with Gasteiger partial charge in [-0.15, -0.1) is 0 Å². The summed E-state index contributed by atoms with van der Waals surface area (Å²) in [4.78, 5) is 27.2. The summed E-state index contributed by atoms with van der Waals surface area (Å²) < 4.78 is 5.93. The van der Waals surface area contributed by atoms with Crippen molar-refractivity contribution in [1.82, 2.24) is 9.55 Å². The number of nitrogen functional groups attached to an aromatic ring is 1. The van der Waals surface area contributed by atoms with Gasteiger partial charge >= 0.3 is 11.7 Å². The highest BCUT2D eigenvalue weighted by Crippen LogP contribution is 2.40. The minimum Gasteiger partial charge on any atom is -0.464 e. The summed E-state index contributed by atoms with van der Waals surface area (Å²) in [5, 5.41) is 30.2. The van der Waals surface area contributed by atoms with Gasteiger partial charge in [-0.05, 0) is 12.5 Å². The minimum absolute atomic E-state index is 0.0337. The number of esters is 1. The van der Waals surface area contributed by atoms with Crippen LogP contribution >= 0.6 is 12.6 Å². The lowest BCUT2D eigenvalue weighted by atomic mass is 9.95. The molecule has 0 radical (unpaired) electrons. The summed E-state index contributed by atoms with van der Waals surface area (Å²) in [6, 6.07) is 2.26. The second-order valence-corrected chi connectivity index (χ2v) is 6.22. The van der Waals surface area contributed by atoms with Gasteiger partial charge in [0.05, 0.1) is 18.8 Å². The fourth-order valence-electron chi connectivity index (χ4n) is 2.84. The van der Waals surface area contributed by atoms with E-state index in [4.69, 9.17) is 16.2 Å². The van der Waals surface area contributed by atoms with Crippen molar-refractivity contribution >= 4 is 24.4 Å². The SMILES string of the molecule is N#C[C@@]1(n2ccc(N)nc2=O)C[C@H](COC(=O)[C@@H](N)CS)C(O)C1O. The molecule has 5 atom stereocenters. The van der Waals surface area contributed by atoms with Crippen LogP contribution in [-0.4, -0.2) is 56.3 Å². The second kappa shape index (κ2) is 7.40. The zero-order valence-corrected chi connectivity index (χ0v) is 14.0. The van der Waals surface area contributed by atoms with Crippen LogP contribution in [0.4, 0.5) is 5.82 Å². The Kier molecular flexibility index (Phi) is 5.69. The molecule has 0 spiro atoms. The number of nitrogens with two attached hydrogens (primary N) is 2. The number of carbonyl (C=O) groups is 1. The molecule has 0 bridgehead atoms. The van der Waals surface area contributed by atoms with Crippen LogP contribution in [0.1, 0.15) is 6.42 Å². The fraction of sp³-hybridized carbons (Fsp3) is 0.571. The Morgan fingerprint density at radius 2 is 2.32 bits per heavy atom. The molecule has 2 rings (SSSR count). The largest absolute Gasteiger partial charge is 0.464 e. The van der Waals surface area contributed by atoms with Crippen LogP contribution in [0.2, 0.25) is 0 Å². The second-order valence-electron chi connectivity index (χ2n) is 5.86. The highest BCUT2D eigenvalue weighted by atomic mass is 32.1. The lowest BCUT2D eigenvalue weighted by Crippen LogP contribution is -2.48. The number of hydrogen-bond acceptors (Lipinski definition) is 10. The van der Waals surface area contributed by atoms with Crippen LogP contribution in [0.5, 0.6) is 0 Å². The van der Waals surface area contributed by atoms with Gasteiger partial charge in [0.1, 0.15) is 18.0 Å². The van der Waals surface area contributed by atoms with Gasteiger partial charge in [-0.1, -0.05) is 0 Å². The Labute approximate surface area is 148 Å². The van der Waals surface area contributed by atoms with E-state index in [1.54, 1.807) is 0 Å². The number of nitriles is 1. The van der Waals surface area contributed by atoms with Gasteiger partial charge in [0.25, 0.3) is 0 Å². The van der Waals surface area contributed by atoms with E-state index in [-0.39, 0.29) is 24.6 Å². The first-order valence-electron chi connectivity index (χ1n) is 7.43. The number of aromatic nitrogens is 2. The molecule has 0 amide bonds. The number of aliphatic hydroxyl groups is 2. The molecule has 1 aliphatic rings. The number of carbonyl (C=O) groups excluding carboxylic acids is 1. The van der Waals surface area contributed by atoms with E-state index in [0.29, 0.717) is 0 Å². The Hall–Kier alpha value is -2.13. The number of nitrogens with zero attached hydrogens (tertiary/aromatic N) is 3. The van der Waals surface area contributed by atoms with Crippen LogP contribution in [0, 0.1) is 17.2 Å². The molecule has 6 N–H and O–H groups in total. The Balaban J connectivity index is 2.26. The van der Waals surface area contributed by atoms with Gasteiger partial charge in [0, 0.05) is 17.9 Å². The number of rotatable bonds is 5. The number of ether oxygens (including phenoxy) is 1. The maximum atomic E-state index is 12.1. The molecule has 1 heterocycles. The predicted molar refractivity (Wildman–Crippen MR) is 89.4 cm³/mol. The van der Waals surface area contributed by atoms with Gasteiger partial charge in [-0.3, -0.25) is 9.36 Å². The lowest BCUT2D eigenvalue weighted by molar-refractivity contribution is -0.147. The number of aliphatic hydroxyl groups excluding tert-OH is 2. The van der Waals surface area contributed by atoms with E-state index in [1.165, 1.54) is 12.3 Å².